The van der Waals surface area contributed by atoms with Gasteiger partial charge in [0.1, 0.15) is 19.3 Å². The molecule has 3 N–H and O–H groups in total. The molecule has 0 fully saturated rings. The molecular formula is C87H170O17P2. The second-order valence-corrected chi connectivity index (χ2v) is 36.1. The molecule has 0 heterocycles. The maximum absolute atomic E-state index is 13.1. The van der Waals surface area contributed by atoms with Crippen LogP contribution >= 0.6 is 15.6 Å². The lowest BCUT2D eigenvalue weighted by Crippen LogP contribution is -2.30. The summed E-state index contributed by atoms with van der Waals surface area (Å²) in [4.78, 5) is 73.2. The summed E-state index contributed by atoms with van der Waals surface area (Å²) in [6, 6.07) is 0. The number of hydrogen-bond donors (Lipinski definition) is 3. The van der Waals surface area contributed by atoms with Crippen molar-refractivity contribution in [1.82, 2.24) is 0 Å². The Morgan fingerprint density at radius 1 is 0.236 bits per heavy atom. The number of carbonyl (C=O) groups excluding carboxylic acids is 4. The van der Waals surface area contributed by atoms with Gasteiger partial charge in [0.2, 0.25) is 0 Å². The van der Waals surface area contributed by atoms with Gasteiger partial charge < -0.3 is 33.8 Å². The second-order valence-electron chi connectivity index (χ2n) is 33.2. The third-order valence-corrected chi connectivity index (χ3v) is 22.2. The van der Waals surface area contributed by atoms with E-state index in [2.05, 4.69) is 55.4 Å². The van der Waals surface area contributed by atoms with Gasteiger partial charge in [-0.3, -0.25) is 37.3 Å². The van der Waals surface area contributed by atoms with Gasteiger partial charge in [-0.05, 0) is 49.4 Å². The number of esters is 4. The van der Waals surface area contributed by atoms with Gasteiger partial charge in [0.15, 0.2) is 12.2 Å². The molecule has 0 aromatic heterocycles. The second kappa shape index (κ2) is 75.7. The van der Waals surface area contributed by atoms with Crippen molar-refractivity contribution in [2.75, 3.05) is 39.6 Å². The van der Waals surface area contributed by atoms with Gasteiger partial charge in [0.05, 0.1) is 26.4 Å². The summed E-state index contributed by atoms with van der Waals surface area (Å²) in [6.07, 6.45) is 65.5. The molecule has 0 saturated heterocycles. The van der Waals surface area contributed by atoms with E-state index in [4.69, 9.17) is 37.0 Å². The Bertz CT molecular complexity index is 2060. The monoisotopic (exact) mass is 1550 g/mol. The lowest BCUT2D eigenvalue weighted by Gasteiger charge is -2.21. The lowest BCUT2D eigenvalue weighted by atomic mass is 10.0. The molecule has 0 rings (SSSR count). The van der Waals surface area contributed by atoms with Crippen LogP contribution in [0.2, 0.25) is 0 Å². The van der Waals surface area contributed by atoms with Crippen molar-refractivity contribution < 1.29 is 80.2 Å². The largest absolute Gasteiger partial charge is 0.472 e. The predicted molar refractivity (Wildman–Crippen MR) is 437 cm³/mol. The van der Waals surface area contributed by atoms with Gasteiger partial charge in [-0.15, -0.1) is 0 Å². The number of rotatable bonds is 84. The number of ether oxygens (including phenoxy) is 4. The molecule has 3 unspecified atom stereocenters. The summed E-state index contributed by atoms with van der Waals surface area (Å²) in [7, 11) is -9.93. The molecule has 630 valence electrons. The highest BCUT2D eigenvalue weighted by atomic mass is 31.2. The van der Waals surface area contributed by atoms with Gasteiger partial charge in [-0.25, -0.2) is 9.13 Å². The standard InChI is InChI=1S/C87H170O17P2/c1-77(2)63-55-47-39-33-27-21-15-11-9-10-12-17-24-30-36-42-51-59-67-84(89)97-73-82(103-86(91)69-62-54-44-38-32-26-20-19-23-29-35-41-49-57-65-79(5)6)75-101-105(93,94)99-71-81(88)72-100-106(95,96)102-76-83(74-98-85(90)68-60-52-46-45-50-58-66-80(7)8)104-87(92)70-61-53-43-37-31-25-18-14-13-16-22-28-34-40-48-56-64-78(3)4/h77-83,88H,9-76H2,1-8H3,(H,93,94)(H,95,96)/t81?,82-,83-/m1/s1. The molecule has 0 aliphatic carbocycles. The SMILES string of the molecule is CC(C)CCCCCCCCCCCCCCCCCCCCC(=O)OC[C@H](COP(=O)(O)OCC(O)COP(=O)(O)OC[C@@H](COC(=O)CCCCCCCCC(C)C)OC(=O)CCCCCCCCCCCCCCCCCCC(C)C)OC(=O)CCCCCCCCCCCCCCCCC(C)C. The lowest BCUT2D eigenvalue weighted by molar-refractivity contribution is -0.161. The zero-order chi connectivity index (χ0) is 78.1. The molecule has 5 atom stereocenters. The van der Waals surface area contributed by atoms with E-state index >= 15 is 0 Å². The highest BCUT2D eigenvalue weighted by Gasteiger charge is 2.31. The third-order valence-electron chi connectivity index (χ3n) is 20.3. The van der Waals surface area contributed by atoms with Gasteiger partial charge in [-0.1, -0.05) is 402 Å². The van der Waals surface area contributed by atoms with Crippen LogP contribution in [0, 0.1) is 23.7 Å². The van der Waals surface area contributed by atoms with E-state index in [1.807, 2.05) is 0 Å². The average Bonchev–Trinajstić information content (AvgIpc) is 0.904. The minimum Gasteiger partial charge on any atom is -0.462 e. The van der Waals surface area contributed by atoms with E-state index in [0.717, 1.165) is 114 Å². The van der Waals surface area contributed by atoms with E-state index in [1.165, 1.54) is 250 Å². The van der Waals surface area contributed by atoms with Gasteiger partial charge in [0, 0.05) is 25.7 Å². The highest BCUT2D eigenvalue weighted by molar-refractivity contribution is 7.47. The van der Waals surface area contributed by atoms with E-state index in [0.29, 0.717) is 31.6 Å². The Labute approximate surface area is 651 Å². The first kappa shape index (κ1) is 104. The summed E-state index contributed by atoms with van der Waals surface area (Å²) in [5.41, 5.74) is 0. The van der Waals surface area contributed by atoms with E-state index < -0.39 is 97.5 Å². The van der Waals surface area contributed by atoms with Crippen molar-refractivity contribution in [2.24, 2.45) is 23.7 Å². The Morgan fingerprint density at radius 2 is 0.396 bits per heavy atom. The molecule has 19 heteroatoms. The van der Waals surface area contributed by atoms with Crippen LogP contribution in [0.3, 0.4) is 0 Å². The molecule has 0 aliphatic heterocycles. The molecule has 0 saturated carbocycles. The Balaban J connectivity index is 5.19. The van der Waals surface area contributed by atoms with Crippen LogP contribution < -0.4 is 0 Å². The summed E-state index contributed by atoms with van der Waals surface area (Å²) in [5, 5.41) is 10.7. The van der Waals surface area contributed by atoms with Crippen LogP contribution in [0.15, 0.2) is 0 Å². The topological polar surface area (TPSA) is 237 Å². The van der Waals surface area contributed by atoms with Crippen molar-refractivity contribution in [1.29, 1.82) is 0 Å². The molecule has 0 bridgehead atoms. The fourth-order valence-corrected chi connectivity index (χ4v) is 15.1. The van der Waals surface area contributed by atoms with Crippen molar-refractivity contribution in [3.05, 3.63) is 0 Å². The normalized spacial score (nSPS) is 13.9. The molecule has 0 spiro atoms. The number of aliphatic hydroxyl groups excluding tert-OH is 1. The van der Waals surface area contributed by atoms with Gasteiger partial charge in [0.25, 0.3) is 0 Å². The summed E-state index contributed by atoms with van der Waals surface area (Å²) in [5.74, 6) is 0.998. The van der Waals surface area contributed by atoms with Crippen LogP contribution in [0.1, 0.15) is 453 Å². The smallest absolute Gasteiger partial charge is 0.462 e. The summed E-state index contributed by atoms with van der Waals surface area (Å²) in [6.45, 7) is 14.3. The number of hydrogen-bond acceptors (Lipinski definition) is 15. The van der Waals surface area contributed by atoms with E-state index in [-0.39, 0.29) is 25.7 Å². The first-order chi connectivity index (χ1) is 51.1. The first-order valence-corrected chi connectivity index (χ1v) is 47.7. The molecule has 0 radical (unpaired) electrons. The zero-order valence-corrected chi connectivity index (χ0v) is 71.9. The number of phosphoric ester groups is 2. The summed E-state index contributed by atoms with van der Waals surface area (Å²) >= 11 is 0. The molecule has 0 amide bonds. The minimum absolute atomic E-state index is 0.107. The first-order valence-electron chi connectivity index (χ1n) is 44.7. The Kier molecular flexibility index (Phi) is 74.3. The fraction of sp³-hybridized carbons (Fsp3) is 0.954. The van der Waals surface area contributed by atoms with Crippen LogP contribution in [0.25, 0.3) is 0 Å². The van der Waals surface area contributed by atoms with Crippen molar-refractivity contribution in [3.63, 3.8) is 0 Å². The molecule has 0 aliphatic rings. The zero-order valence-electron chi connectivity index (χ0n) is 70.1. The van der Waals surface area contributed by atoms with E-state index in [9.17, 15) is 43.2 Å². The maximum Gasteiger partial charge on any atom is 0.472 e. The van der Waals surface area contributed by atoms with Crippen molar-refractivity contribution in [2.45, 2.75) is 472 Å². The molecule has 17 nitrogen and oxygen atoms in total. The molecule has 0 aromatic rings. The Morgan fingerprint density at radius 3 is 0.585 bits per heavy atom. The van der Waals surface area contributed by atoms with Crippen LogP contribution in [-0.4, -0.2) is 96.7 Å². The van der Waals surface area contributed by atoms with Crippen LogP contribution in [0.4, 0.5) is 0 Å². The average molecular weight is 1550 g/mol. The minimum atomic E-state index is -4.97. The van der Waals surface area contributed by atoms with Crippen molar-refractivity contribution in [3.8, 4) is 0 Å². The number of unbranched alkanes of at least 4 members (excludes halogenated alkanes) is 50. The molecule has 106 heavy (non-hydrogen) atoms. The van der Waals surface area contributed by atoms with Gasteiger partial charge >= 0.3 is 39.5 Å². The Hall–Kier alpha value is -1.94. The third kappa shape index (κ3) is 80.1. The predicted octanol–water partition coefficient (Wildman–Crippen LogP) is 26.3. The fourth-order valence-electron chi connectivity index (χ4n) is 13.5. The molecular weight excluding hydrogens is 1380 g/mol. The number of carbonyl (C=O) groups is 4. The molecule has 0 aromatic carbocycles. The van der Waals surface area contributed by atoms with Gasteiger partial charge in [-0.2, -0.15) is 0 Å². The van der Waals surface area contributed by atoms with Crippen molar-refractivity contribution >= 4 is 39.5 Å². The number of aliphatic hydroxyl groups is 1. The van der Waals surface area contributed by atoms with E-state index in [1.54, 1.807) is 0 Å². The number of phosphoric acid groups is 2. The quantitative estimate of drug-likeness (QED) is 0.0222. The van der Waals surface area contributed by atoms with Crippen LogP contribution in [-0.2, 0) is 65.4 Å². The van der Waals surface area contributed by atoms with Crippen LogP contribution in [0.5, 0.6) is 0 Å². The summed E-state index contributed by atoms with van der Waals surface area (Å²) < 4.78 is 68.9. The highest BCUT2D eigenvalue weighted by Crippen LogP contribution is 2.45. The maximum atomic E-state index is 13.1.